The molecule has 1 saturated heterocycles. The summed E-state index contributed by atoms with van der Waals surface area (Å²) in [7, 11) is 1.97. The second kappa shape index (κ2) is 7.15. The van der Waals surface area contributed by atoms with Gasteiger partial charge in [0.2, 0.25) is 0 Å². The summed E-state index contributed by atoms with van der Waals surface area (Å²) in [6, 6.07) is 9.25. The molecular weight excluding hydrogens is 312 g/mol. The van der Waals surface area contributed by atoms with Gasteiger partial charge in [-0.3, -0.25) is 9.89 Å². The third-order valence-electron chi connectivity index (χ3n) is 4.34. The molecule has 1 aliphatic heterocycles. The molecule has 0 radical (unpaired) electrons. The highest BCUT2D eigenvalue weighted by molar-refractivity contribution is 6.30. The molecule has 0 aliphatic carbocycles. The van der Waals surface area contributed by atoms with Gasteiger partial charge in [-0.25, -0.2) is 0 Å². The number of H-pyrrole nitrogens is 1. The van der Waals surface area contributed by atoms with Gasteiger partial charge in [0.15, 0.2) is 0 Å². The number of aromatic amines is 1. The van der Waals surface area contributed by atoms with Gasteiger partial charge < -0.3 is 10.2 Å². The van der Waals surface area contributed by atoms with Crippen LogP contribution in [0.2, 0.25) is 5.02 Å². The van der Waals surface area contributed by atoms with Gasteiger partial charge >= 0.3 is 0 Å². The maximum atomic E-state index is 12.6. The Kier molecular flexibility index (Phi) is 4.98. The van der Waals surface area contributed by atoms with Crippen molar-refractivity contribution in [1.29, 1.82) is 0 Å². The van der Waals surface area contributed by atoms with Gasteiger partial charge in [0, 0.05) is 23.7 Å². The molecule has 1 aromatic heterocycles. The highest BCUT2D eigenvalue weighted by atomic mass is 35.5. The van der Waals surface area contributed by atoms with E-state index in [9.17, 15) is 4.79 Å². The van der Waals surface area contributed by atoms with E-state index in [4.69, 9.17) is 11.6 Å². The molecule has 0 atom stereocenters. The van der Waals surface area contributed by atoms with Crippen molar-refractivity contribution in [1.82, 2.24) is 20.4 Å². The van der Waals surface area contributed by atoms with E-state index in [1.165, 1.54) is 0 Å². The zero-order chi connectivity index (χ0) is 16.2. The lowest BCUT2D eigenvalue weighted by atomic mass is 9.96. The van der Waals surface area contributed by atoms with Crippen LogP contribution in [0.25, 0.3) is 11.3 Å². The molecular formula is C17H21ClN4O. The van der Waals surface area contributed by atoms with Crippen molar-refractivity contribution in [2.45, 2.75) is 12.8 Å². The van der Waals surface area contributed by atoms with E-state index in [1.54, 1.807) is 0 Å². The van der Waals surface area contributed by atoms with E-state index in [0.717, 1.165) is 43.7 Å². The lowest BCUT2D eigenvalue weighted by Gasteiger charge is -2.31. The summed E-state index contributed by atoms with van der Waals surface area (Å²) in [6.45, 7) is 2.63. The van der Waals surface area contributed by atoms with Crippen molar-refractivity contribution in [2.24, 2.45) is 5.92 Å². The Morgan fingerprint density at radius 2 is 2.04 bits per heavy atom. The molecule has 5 nitrogen and oxygen atoms in total. The Balaban J connectivity index is 1.66. The van der Waals surface area contributed by atoms with Gasteiger partial charge in [-0.2, -0.15) is 5.10 Å². The van der Waals surface area contributed by atoms with Crippen molar-refractivity contribution in [2.75, 3.05) is 26.7 Å². The van der Waals surface area contributed by atoms with Crippen molar-refractivity contribution < 1.29 is 4.79 Å². The van der Waals surface area contributed by atoms with Crippen LogP contribution in [0, 0.1) is 5.92 Å². The topological polar surface area (TPSA) is 61.0 Å². The van der Waals surface area contributed by atoms with Gasteiger partial charge in [-0.15, -0.1) is 0 Å². The number of carbonyl (C=O) groups is 1. The van der Waals surface area contributed by atoms with E-state index in [2.05, 4.69) is 15.5 Å². The third-order valence-corrected chi connectivity index (χ3v) is 4.59. The number of nitrogens with zero attached hydrogens (tertiary/aromatic N) is 2. The molecule has 2 N–H and O–H groups in total. The zero-order valence-corrected chi connectivity index (χ0v) is 13.9. The number of piperidine rings is 1. The number of aromatic nitrogens is 2. The molecule has 3 rings (SSSR count). The number of nitrogens with one attached hydrogen (secondary N) is 2. The van der Waals surface area contributed by atoms with Crippen LogP contribution in [0.4, 0.5) is 0 Å². The van der Waals surface area contributed by atoms with Gasteiger partial charge in [0.1, 0.15) is 5.69 Å². The summed E-state index contributed by atoms with van der Waals surface area (Å²) in [5.41, 5.74) is 2.24. The molecule has 23 heavy (non-hydrogen) atoms. The van der Waals surface area contributed by atoms with Crippen molar-refractivity contribution >= 4 is 17.5 Å². The molecule has 1 aromatic carbocycles. The number of likely N-dealkylation sites (tertiary alicyclic amines) is 1. The van der Waals surface area contributed by atoms with E-state index >= 15 is 0 Å². The van der Waals surface area contributed by atoms with Crippen LogP contribution in [0.3, 0.4) is 0 Å². The highest BCUT2D eigenvalue weighted by Gasteiger charge is 2.24. The van der Waals surface area contributed by atoms with Gasteiger partial charge in [0.05, 0.1) is 5.69 Å². The van der Waals surface area contributed by atoms with Gasteiger partial charge in [-0.05, 0) is 50.6 Å². The average Bonchev–Trinajstić information content (AvgIpc) is 3.06. The lowest BCUT2D eigenvalue weighted by molar-refractivity contribution is 0.0685. The first-order chi connectivity index (χ1) is 11.2. The maximum Gasteiger partial charge on any atom is 0.271 e. The molecule has 0 spiro atoms. The second-order valence-electron chi connectivity index (χ2n) is 5.97. The number of rotatable bonds is 4. The Morgan fingerprint density at radius 1 is 1.35 bits per heavy atom. The van der Waals surface area contributed by atoms with Crippen molar-refractivity contribution in [3.8, 4) is 11.3 Å². The average molecular weight is 333 g/mol. The number of amides is 1. The smallest absolute Gasteiger partial charge is 0.271 e. The van der Waals surface area contributed by atoms with Crippen LogP contribution in [-0.2, 0) is 0 Å². The van der Waals surface area contributed by atoms with Crippen LogP contribution in [-0.4, -0.2) is 47.7 Å². The molecule has 1 fully saturated rings. The van der Waals surface area contributed by atoms with E-state index < -0.39 is 0 Å². The van der Waals surface area contributed by atoms with E-state index in [0.29, 0.717) is 16.6 Å². The fourth-order valence-corrected chi connectivity index (χ4v) is 3.12. The van der Waals surface area contributed by atoms with Crippen LogP contribution in [0.1, 0.15) is 23.3 Å². The molecule has 2 aromatic rings. The number of hydrogen-bond acceptors (Lipinski definition) is 3. The first kappa shape index (κ1) is 16.0. The predicted octanol–water partition coefficient (Wildman–Crippen LogP) is 2.80. The Labute approximate surface area is 141 Å². The first-order valence-electron chi connectivity index (χ1n) is 7.92. The fraction of sp³-hybridized carbons (Fsp3) is 0.412. The number of hydrogen-bond donors (Lipinski definition) is 2. The molecule has 122 valence electrons. The van der Waals surface area contributed by atoms with Crippen LogP contribution in [0.15, 0.2) is 30.3 Å². The van der Waals surface area contributed by atoms with E-state index in [1.807, 2.05) is 42.3 Å². The number of benzene rings is 1. The SMILES string of the molecule is CNCC1CCN(C(=O)c2cc(-c3ccc(Cl)cc3)n[nH]2)CC1. The summed E-state index contributed by atoms with van der Waals surface area (Å²) in [5, 5.41) is 11.0. The minimum absolute atomic E-state index is 0.0284. The minimum Gasteiger partial charge on any atom is -0.337 e. The van der Waals surface area contributed by atoms with Crippen LogP contribution in [0.5, 0.6) is 0 Å². The Morgan fingerprint density at radius 3 is 2.70 bits per heavy atom. The quantitative estimate of drug-likeness (QED) is 0.905. The molecule has 0 unspecified atom stereocenters. The monoisotopic (exact) mass is 332 g/mol. The lowest BCUT2D eigenvalue weighted by Crippen LogP contribution is -2.40. The van der Waals surface area contributed by atoms with Crippen molar-refractivity contribution in [3.63, 3.8) is 0 Å². The summed E-state index contributed by atoms with van der Waals surface area (Å²) >= 11 is 5.90. The molecule has 0 saturated carbocycles. The van der Waals surface area contributed by atoms with Gasteiger partial charge in [-0.1, -0.05) is 23.7 Å². The first-order valence-corrected chi connectivity index (χ1v) is 8.30. The maximum absolute atomic E-state index is 12.6. The molecule has 0 bridgehead atoms. The van der Waals surface area contributed by atoms with E-state index in [-0.39, 0.29) is 5.91 Å². The van der Waals surface area contributed by atoms with Crippen molar-refractivity contribution in [3.05, 3.63) is 41.0 Å². The predicted molar refractivity (Wildman–Crippen MR) is 91.6 cm³/mol. The number of carbonyl (C=O) groups excluding carboxylic acids is 1. The van der Waals surface area contributed by atoms with Crippen LogP contribution >= 0.6 is 11.6 Å². The zero-order valence-electron chi connectivity index (χ0n) is 13.2. The normalized spacial score (nSPS) is 15.8. The Bertz CT molecular complexity index is 659. The van der Waals surface area contributed by atoms with Gasteiger partial charge in [0.25, 0.3) is 5.91 Å². The molecule has 2 heterocycles. The summed E-state index contributed by atoms with van der Waals surface area (Å²) < 4.78 is 0. The second-order valence-corrected chi connectivity index (χ2v) is 6.40. The highest BCUT2D eigenvalue weighted by Crippen LogP contribution is 2.22. The fourth-order valence-electron chi connectivity index (χ4n) is 3.00. The molecule has 1 amide bonds. The number of halogens is 1. The summed E-state index contributed by atoms with van der Waals surface area (Å²) in [6.07, 6.45) is 2.09. The molecule has 1 aliphatic rings. The Hall–Kier alpha value is -1.85. The standard InChI is InChI=1S/C17H21ClN4O/c1-19-11-12-6-8-22(9-7-12)17(23)16-10-15(20-21-16)13-2-4-14(18)5-3-13/h2-5,10,12,19H,6-9,11H2,1H3,(H,20,21). The minimum atomic E-state index is 0.0284. The largest absolute Gasteiger partial charge is 0.337 e. The summed E-state index contributed by atoms with van der Waals surface area (Å²) in [4.78, 5) is 14.5. The third kappa shape index (κ3) is 3.74. The molecule has 6 heteroatoms. The van der Waals surface area contributed by atoms with Crippen LogP contribution < -0.4 is 5.32 Å². The summed E-state index contributed by atoms with van der Waals surface area (Å²) in [5.74, 6) is 0.691.